The summed E-state index contributed by atoms with van der Waals surface area (Å²) in [6, 6.07) is 6.69. The van der Waals surface area contributed by atoms with Crippen LogP contribution in [-0.2, 0) is 0 Å². The van der Waals surface area contributed by atoms with Crippen molar-refractivity contribution in [3.8, 4) is 11.5 Å². The molecule has 0 atom stereocenters. The SMILES string of the molecule is COc1ccc(C(=O)Nc2ccsc2C(N)=O)cc1OC1CCCC1. The number of hydrogen-bond acceptors (Lipinski definition) is 5. The zero-order chi connectivity index (χ0) is 17.8. The van der Waals surface area contributed by atoms with Gasteiger partial charge in [0.2, 0.25) is 0 Å². The van der Waals surface area contributed by atoms with Crippen molar-refractivity contribution in [2.24, 2.45) is 5.73 Å². The number of carbonyl (C=O) groups excluding carboxylic acids is 2. The van der Waals surface area contributed by atoms with Crippen LogP contribution in [0.15, 0.2) is 29.6 Å². The Morgan fingerprint density at radius 3 is 2.64 bits per heavy atom. The molecule has 7 heteroatoms. The molecule has 0 saturated heterocycles. The Morgan fingerprint density at radius 2 is 1.96 bits per heavy atom. The summed E-state index contributed by atoms with van der Waals surface area (Å²) in [5, 5.41) is 4.43. The van der Waals surface area contributed by atoms with E-state index in [1.54, 1.807) is 36.8 Å². The number of anilines is 1. The van der Waals surface area contributed by atoms with Crippen LogP contribution in [0.4, 0.5) is 5.69 Å². The normalized spacial score (nSPS) is 14.3. The molecule has 3 rings (SSSR count). The van der Waals surface area contributed by atoms with Crippen LogP contribution >= 0.6 is 11.3 Å². The molecule has 0 bridgehead atoms. The lowest BCUT2D eigenvalue weighted by molar-refractivity contribution is 0.100. The van der Waals surface area contributed by atoms with Crippen molar-refractivity contribution >= 4 is 28.8 Å². The number of ether oxygens (including phenoxy) is 2. The van der Waals surface area contributed by atoms with E-state index < -0.39 is 5.91 Å². The average molecular weight is 360 g/mol. The lowest BCUT2D eigenvalue weighted by Gasteiger charge is -2.16. The summed E-state index contributed by atoms with van der Waals surface area (Å²) in [4.78, 5) is 24.2. The number of primary amides is 1. The third-order valence-electron chi connectivity index (χ3n) is 4.16. The Labute approximate surface area is 149 Å². The molecule has 3 N–H and O–H groups in total. The number of amides is 2. The Bertz CT molecular complexity index is 781. The van der Waals surface area contributed by atoms with Crippen molar-refractivity contribution in [1.82, 2.24) is 0 Å². The molecule has 1 aromatic heterocycles. The number of nitrogens with one attached hydrogen (secondary N) is 1. The van der Waals surface area contributed by atoms with E-state index in [1.165, 1.54) is 11.3 Å². The van der Waals surface area contributed by atoms with Gasteiger partial charge in [-0.05, 0) is 55.3 Å². The van der Waals surface area contributed by atoms with Gasteiger partial charge in [0.1, 0.15) is 4.88 Å². The first-order valence-corrected chi connectivity index (χ1v) is 9.00. The Hall–Kier alpha value is -2.54. The highest BCUT2D eigenvalue weighted by Crippen LogP contribution is 2.33. The summed E-state index contributed by atoms with van der Waals surface area (Å²) in [6.07, 6.45) is 4.49. The van der Waals surface area contributed by atoms with Crippen molar-refractivity contribution in [3.63, 3.8) is 0 Å². The largest absolute Gasteiger partial charge is 0.493 e. The van der Waals surface area contributed by atoms with Gasteiger partial charge in [0.15, 0.2) is 11.5 Å². The molecule has 1 aromatic carbocycles. The Morgan fingerprint density at radius 1 is 1.20 bits per heavy atom. The summed E-state index contributed by atoms with van der Waals surface area (Å²) in [7, 11) is 1.57. The predicted octanol–water partition coefficient (Wildman–Crippen LogP) is 3.43. The number of rotatable bonds is 6. The van der Waals surface area contributed by atoms with Gasteiger partial charge in [-0.2, -0.15) is 0 Å². The van der Waals surface area contributed by atoms with Gasteiger partial charge in [-0.3, -0.25) is 9.59 Å². The molecule has 25 heavy (non-hydrogen) atoms. The van der Waals surface area contributed by atoms with Crippen LogP contribution in [0.3, 0.4) is 0 Å². The monoisotopic (exact) mass is 360 g/mol. The molecule has 132 valence electrons. The quantitative estimate of drug-likeness (QED) is 0.826. The standard InChI is InChI=1S/C18H20N2O4S/c1-23-14-7-6-11(10-15(14)24-12-4-2-3-5-12)18(22)20-13-8-9-25-16(13)17(19)21/h6-10,12H,2-5H2,1H3,(H2,19,21)(H,20,22). The van der Waals surface area contributed by atoms with Crippen molar-refractivity contribution in [3.05, 3.63) is 40.1 Å². The fraction of sp³-hybridized carbons (Fsp3) is 0.333. The second kappa shape index (κ2) is 7.57. The second-order valence-electron chi connectivity index (χ2n) is 5.87. The molecular weight excluding hydrogens is 340 g/mol. The van der Waals surface area contributed by atoms with Crippen molar-refractivity contribution in [1.29, 1.82) is 0 Å². The van der Waals surface area contributed by atoms with Crippen LogP contribution < -0.4 is 20.5 Å². The van der Waals surface area contributed by atoms with E-state index in [1.807, 2.05) is 0 Å². The van der Waals surface area contributed by atoms with Gasteiger partial charge < -0.3 is 20.5 Å². The molecule has 1 heterocycles. The molecule has 1 aliphatic rings. The minimum absolute atomic E-state index is 0.158. The van der Waals surface area contributed by atoms with Gasteiger partial charge in [0.25, 0.3) is 11.8 Å². The van der Waals surface area contributed by atoms with Gasteiger partial charge in [0, 0.05) is 5.56 Å². The van der Waals surface area contributed by atoms with Gasteiger partial charge in [-0.1, -0.05) is 0 Å². The first kappa shape index (κ1) is 17.3. The van der Waals surface area contributed by atoms with Gasteiger partial charge in [0.05, 0.1) is 18.9 Å². The highest BCUT2D eigenvalue weighted by molar-refractivity contribution is 7.12. The van der Waals surface area contributed by atoms with E-state index in [0.717, 1.165) is 25.7 Å². The zero-order valence-electron chi connectivity index (χ0n) is 13.9. The van der Waals surface area contributed by atoms with Crippen LogP contribution in [0.2, 0.25) is 0 Å². The van der Waals surface area contributed by atoms with Crippen LogP contribution in [0, 0.1) is 0 Å². The summed E-state index contributed by atoms with van der Waals surface area (Å²) in [5.41, 5.74) is 6.15. The molecule has 0 radical (unpaired) electrons. The number of methoxy groups -OCH3 is 1. The summed E-state index contributed by atoms with van der Waals surface area (Å²) in [6.45, 7) is 0. The molecular formula is C18H20N2O4S. The average Bonchev–Trinajstić information content (AvgIpc) is 3.26. The van der Waals surface area contributed by atoms with Gasteiger partial charge in [-0.25, -0.2) is 0 Å². The molecule has 6 nitrogen and oxygen atoms in total. The summed E-state index contributed by atoms with van der Waals surface area (Å²) >= 11 is 1.19. The summed E-state index contributed by atoms with van der Waals surface area (Å²) in [5.74, 6) is 0.254. The number of hydrogen-bond donors (Lipinski definition) is 2. The first-order chi connectivity index (χ1) is 12.1. The van der Waals surface area contributed by atoms with E-state index in [-0.39, 0.29) is 12.0 Å². The lowest BCUT2D eigenvalue weighted by Crippen LogP contribution is -2.17. The molecule has 2 aromatic rings. The molecule has 1 fully saturated rings. The van der Waals surface area contributed by atoms with Crippen molar-refractivity contribution in [2.75, 3.05) is 12.4 Å². The fourth-order valence-electron chi connectivity index (χ4n) is 2.89. The molecule has 2 amide bonds. The molecule has 0 aliphatic heterocycles. The number of carbonyl (C=O) groups is 2. The van der Waals surface area contributed by atoms with E-state index >= 15 is 0 Å². The maximum absolute atomic E-state index is 12.5. The van der Waals surface area contributed by atoms with Crippen LogP contribution in [0.1, 0.15) is 45.7 Å². The Balaban J connectivity index is 1.80. The smallest absolute Gasteiger partial charge is 0.260 e. The van der Waals surface area contributed by atoms with Crippen LogP contribution in [0.5, 0.6) is 11.5 Å². The van der Waals surface area contributed by atoms with E-state index in [0.29, 0.717) is 27.6 Å². The molecule has 1 aliphatic carbocycles. The van der Waals surface area contributed by atoms with Crippen molar-refractivity contribution < 1.29 is 19.1 Å². The summed E-state index contributed by atoms with van der Waals surface area (Å²) < 4.78 is 11.3. The number of thiophene rings is 1. The Kier molecular flexibility index (Phi) is 5.23. The topological polar surface area (TPSA) is 90.6 Å². The fourth-order valence-corrected chi connectivity index (χ4v) is 3.59. The third kappa shape index (κ3) is 3.93. The van der Waals surface area contributed by atoms with Crippen LogP contribution in [0.25, 0.3) is 0 Å². The molecule has 1 saturated carbocycles. The van der Waals surface area contributed by atoms with Gasteiger partial charge in [-0.15, -0.1) is 11.3 Å². The highest BCUT2D eigenvalue weighted by Gasteiger charge is 2.20. The maximum atomic E-state index is 12.5. The van der Waals surface area contributed by atoms with E-state index in [4.69, 9.17) is 15.2 Å². The second-order valence-corrected chi connectivity index (χ2v) is 6.79. The predicted molar refractivity (Wildman–Crippen MR) is 96.7 cm³/mol. The maximum Gasteiger partial charge on any atom is 0.260 e. The van der Waals surface area contributed by atoms with Crippen LogP contribution in [-0.4, -0.2) is 25.0 Å². The minimum Gasteiger partial charge on any atom is -0.493 e. The van der Waals surface area contributed by atoms with Crippen molar-refractivity contribution in [2.45, 2.75) is 31.8 Å². The van der Waals surface area contributed by atoms with E-state index in [2.05, 4.69) is 5.32 Å². The highest BCUT2D eigenvalue weighted by atomic mass is 32.1. The van der Waals surface area contributed by atoms with E-state index in [9.17, 15) is 9.59 Å². The van der Waals surface area contributed by atoms with Gasteiger partial charge >= 0.3 is 0 Å². The number of nitrogens with two attached hydrogens (primary N) is 1. The molecule has 0 spiro atoms. The number of benzene rings is 1. The third-order valence-corrected chi connectivity index (χ3v) is 5.09. The lowest BCUT2D eigenvalue weighted by atomic mass is 10.1. The first-order valence-electron chi connectivity index (χ1n) is 8.12. The molecule has 0 unspecified atom stereocenters. The minimum atomic E-state index is -0.565. The zero-order valence-corrected chi connectivity index (χ0v) is 14.7.